The number of halogens is 1. The zero-order valence-corrected chi connectivity index (χ0v) is 13.5. The van der Waals surface area contributed by atoms with Crippen LogP contribution < -0.4 is 10.6 Å². The van der Waals surface area contributed by atoms with Crippen LogP contribution >= 0.6 is 0 Å². The first-order chi connectivity index (χ1) is 11.7. The zero-order valence-electron chi connectivity index (χ0n) is 13.5. The highest BCUT2D eigenvalue weighted by molar-refractivity contribution is 5.92. The highest BCUT2D eigenvalue weighted by Gasteiger charge is 2.17. The molecule has 0 fully saturated rings. The number of ether oxygens (including phenoxy) is 1. The fourth-order valence-electron chi connectivity index (χ4n) is 2.82. The number of hydrogen-bond donors (Lipinski definition) is 2. The van der Waals surface area contributed by atoms with E-state index in [-0.39, 0.29) is 24.0 Å². The maximum Gasteiger partial charge on any atom is 0.250 e. The van der Waals surface area contributed by atoms with Crippen molar-refractivity contribution in [3.63, 3.8) is 0 Å². The first-order valence-corrected chi connectivity index (χ1v) is 8.16. The van der Waals surface area contributed by atoms with Gasteiger partial charge >= 0.3 is 0 Å². The summed E-state index contributed by atoms with van der Waals surface area (Å²) in [5, 5.41) is 5.80. The molecule has 0 radical (unpaired) electrons. The van der Waals surface area contributed by atoms with E-state index in [2.05, 4.69) is 10.6 Å². The topological polar surface area (TPSA) is 50.4 Å². The number of benzene rings is 2. The molecule has 2 aromatic carbocycles. The lowest BCUT2D eigenvalue weighted by molar-refractivity contribution is -0.120. The summed E-state index contributed by atoms with van der Waals surface area (Å²) in [6.07, 6.45) is 1.38. The minimum atomic E-state index is -0.337. The normalized spacial score (nSPS) is 13.4. The van der Waals surface area contributed by atoms with Gasteiger partial charge in [0.1, 0.15) is 12.4 Å². The maximum atomic E-state index is 14.4. The third-order valence-corrected chi connectivity index (χ3v) is 4.09. The molecule has 1 aliphatic heterocycles. The number of hydrogen-bond acceptors (Lipinski definition) is 3. The Hall–Kier alpha value is -2.24. The van der Waals surface area contributed by atoms with Crippen LogP contribution in [0.2, 0.25) is 0 Å². The Morgan fingerprint density at radius 2 is 2.04 bits per heavy atom. The van der Waals surface area contributed by atoms with Crippen LogP contribution in [0.4, 0.5) is 10.1 Å². The van der Waals surface area contributed by atoms with Gasteiger partial charge in [-0.3, -0.25) is 4.79 Å². The van der Waals surface area contributed by atoms with Crippen LogP contribution in [0.15, 0.2) is 42.5 Å². The second kappa shape index (κ2) is 8.04. The van der Waals surface area contributed by atoms with Crippen LogP contribution in [0.1, 0.15) is 16.7 Å². The predicted molar refractivity (Wildman–Crippen MR) is 91.4 cm³/mol. The number of amides is 1. The lowest BCUT2D eigenvalue weighted by Gasteiger charge is -2.19. The molecule has 4 nitrogen and oxygen atoms in total. The van der Waals surface area contributed by atoms with Crippen molar-refractivity contribution in [3.05, 3.63) is 65.0 Å². The van der Waals surface area contributed by atoms with Crippen LogP contribution in [-0.2, 0) is 28.9 Å². The Bertz CT molecular complexity index is 704. The van der Waals surface area contributed by atoms with Gasteiger partial charge in [-0.15, -0.1) is 0 Å². The van der Waals surface area contributed by atoms with Gasteiger partial charge in [0.15, 0.2) is 0 Å². The summed E-state index contributed by atoms with van der Waals surface area (Å²) in [6.45, 7) is 1.80. The van der Waals surface area contributed by atoms with E-state index in [9.17, 15) is 9.18 Å². The molecule has 3 rings (SSSR count). The van der Waals surface area contributed by atoms with Crippen molar-refractivity contribution in [2.75, 3.05) is 25.1 Å². The highest BCUT2D eigenvalue weighted by atomic mass is 19.1. The highest BCUT2D eigenvalue weighted by Crippen LogP contribution is 2.24. The van der Waals surface area contributed by atoms with E-state index in [1.54, 1.807) is 6.07 Å². The molecule has 24 heavy (non-hydrogen) atoms. The fraction of sp³-hybridized carbons (Fsp3) is 0.316. The molecule has 2 aromatic rings. The Kier molecular flexibility index (Phi) is 5.56. The molecule has 1 amide bonds. The van der Waals surface area contributed by atoms with Crippen molar-refractivity contribution in [1.29, 1.82) is 0 Å². The molecule has 1 heterocycles. The van der Waals surface area contributed by atoms with E-state index >= 15 is 0 Å². The van der Waals surface area contributed by atoms with E-state index in [1.165, 1.54) is 0 Å². The van der Waals surface area contributed by atoms with Crippen molar-refractivity contribution in [2.45, 2.75) is 19.4 Å². The number of anilines is 1. The Morgan fingerprint density at radius 3 is 2.88 bits per heavy atom. The van der Waals surface area contributed by atoms with Crippen molar-refractivity contribution in [2.24, 2.45) is 0 Å². The van der Waals surface area contributed by atoms with Gasteiger partial charge in [-0.25, -0.2) is 4.39 Å². The molecule has 0 bridgehead atoms. The van der Waals surface area contributed by atoms with E-state index in [1.807, 2.05) is 36.4 Å². The monoisotopic (exact) mass is 328 g/mol. The second-order valence-corrected chi connectivity index (χ2v) is 5.83. The number of rotatable bonds is 6. The summed E-state index contributed by atoms with van der Waals surface area (Å²) in [7, 11) is 0. The van der Waals surface area contributed by atoms with Gasteiger partial charge < -0.3 is 15.4 Å². The summed E-state index contributed by atoms with van der Waals surface area (Å²) in [6, 6.07) is 13.4. The minimum Gasteiger partial charge on any atom is -0.371 e. The molecular weight excluding hydrogens is 307 g/mol. The van der Waals surface area contributed by atoms with Crippen LogP contribution in [-0.4, -0.2) is 25.7 Å². The SMILES string of the molecule is O=C(COCCc1ccccc1)Nc1ccc2c(c1F)CCNC2. The largest absolute Gasteiger partial charge is 0.371 e. The van der Waals surface area contributed by atoms with Crippen LogP contribution in [0, 0.1) is 5.82 Å². The van der Waals surface area contributed by atoms with Crippen LogP contribution in [0.25, 0.3) is 0 Å². The maximum absolute atomic E-state index is 14.4. The average Bonchev–Trinajstić information content (AvgIpc) is 2.62. The summed E-state index contributed by atoms with van der Waals surface area (Å²) < 4.78 is 19.8. The van der Waals surface area contributed by atoms with Gasteiger partial charge in [0.2, 0.25) is 5.91 Å². The van der Waals surface area contributed by atoms with Crippen molar-refractivity contribution >= 4 is 11.6 Å². The van der Waals surface area contributed by atoms with Gasteiger partial charge in [0.25, 0.3) is 0 Å². The van der Waals surface area contributed by atoms with Crippen LogP contribution in [0.3, 0.4) is 0 Å². The second-order valence-electron chi connectivity index (χ2n) is 5.83. The van der Waals surface area contributed by atoms with Crippen molar-refractivity contribution in [3.8, 4) is 0 Å². The molecule has 0 unspecified atom stereocenters. The molecule has 2 N–H and O–H groups in total. The lowest BCUT2D eigenvalue weighted by atomic mass is 9.99. The molecule has 0 aromatic heterocycles. The Balaban J connectivity index is 1.48. The summed E-state index contributed by atoms with van der Waals surface area (Å²) >= 11 is 0. The number of fused-ring (bicyclic) bond motifs is 1. The Labute approximate surface area is 141 Å². The predicted octanol–water partition coefficient (Wildman–Crippen LogP) is 2.67. The molecule has 0 atom stereocenters. The van der Waals surface area contributed by atoms with E-state index < -0.39 is 0 Å². The molecule has 0 spiro atoms. The van der Waals surface area contributed by atoms with Gasteiger partial charge in [0.05, 0.1) is 12.3 Å². The van der Waals surface area contributed by atoms with Crippen LogP contribution in [0.5, 0.6) is 0 Å². The minimum absolute atomic E-state index is 0.0785. The fourth-order valence-corrected chi connectivity index (χ4v) is 2.82. The number of nitrogens with one attached hydrogen (secondary N) is 2. The molecule has 1 aliphatic rings. The summed E-state index contributed by atoms with van der Waals surface area (Å²) in [4.78, 5) is 11.9. The molecule has 0 aliphatic carbocycles. The van der Waals surface area contributed by atoms with E-state index in [0.717, 1.165) is 24.1 Å². The van der Waals surface area contributed by atoms with Gasteiger partial charge in [-0.1, -0.05) is 36.4 Å². The first-order valence-electron chi connectivity index (χ1n) is 8.16. The van der Waals surface area contributed by atoms with Crippen molar-refractivity contribution in [1.82, 2.24) is 5.32 Å². The van der Waals surface area contributed by atoms with E-state index in [0.29, 0.717) is 25.1 Å². The molecule has 0 saturated carbocycles. The quantitative estimate of drug-likeness (QED) is 0.802. The molecule has 5 heteroatoms. The number of carbonyl (C=O) groups is 1. The number of carbonyl (C=O) groups excluding carboxylic acids is 1. The molecule has 0 saturated heterocycles. The standard InChI is InChI=1S/C19H21FN2O2/c20-19-16-8-10-21-12-15(16)6-7-17(19)22-18(23)13-24-11-9-14-4-2-1-3-5-14/h1-7,21H,8-13H2,(H,22,23). The third-order valence-electron chi connectivity index (χ3n) is 4.09. The lowest BCUT2D eigenvalue weighted by Crippen LogP contribution is -2.26. The smallest absolute Gasteiger partial charge is 0.250 e. The summed E-state index contributed by atoms with van der Waals surface area (Å²) in [5.74, 6) is -0.664. The van der Waals surface area contributed by atoms with Crippen molar-refractivity contribution < 1.29 is 13.9 Å². The molecular formula is C19H21FN2O2. The third kappa shape index (κ3) is 4.19. The van der Waals surface area contributed by atoms with Gasteiger partial charge in [0, 0.05) is 6.54 Å². The zero-order chi connectivity index (χ0) is 16.8. The van der Waals surface area contributed by atoms with Gasteiger partial charge in [-0.2, -0.15) is 0 Å². The first kappa shape index (κ1) is 16.6. The summed E-state index contributed by atoms with van der Waals surface area (Å²) in [5.41, 5.74) is 3.03. The van der Waals surface area contributed by atoms with E-state index in [4.69, 9.17) is 4.74 Å². The van der Waals surface area contributed by atoms with Gasteiger partial charge in [-0.05, 0) is 42.1 Å². The molecule has 126 valence electrons. The Morgan fingerprint density at radius 1 is 1.21 bits per heavy atom. The average molecular weight is 328 g/mol.